The quantitative estimate of drug-likeness (QED) is 0.837. The second kappa shape index (κ2) is 6.76. The van der Waals surface area contributed by atoms with Gasteiger partial charge < -0.3 is 9.64 Å². The Balaban J connectivity index is 1.45. The molecule has 1 aromatic carbocycles. The molecule has 5 rings (SSSR count). The van der Waals surface area contributed by atoms with E-state index in [2.05, 4.69) is 10.2 Å². The molecule has 1 amide bonds. The molecule has 28 heavy (non-hydrogen) atoms. The first-order valence-electron chi connectivity index (χ1n) is 10.1. The second-order valence-corrected chi connectivity index (χ2v) is 8.94. The Kier molecular flexibility index (Phi) is 4.34. The maximum Gasteiger partial charge on any atom is 0.257 e. The molecule has 1 saturated heterocycles. The molecule has 148 valence electrons. The van der Waals surface area contributed by atoms with Crippen molar-refractivity contribution in [3.63, 3.8) is 0 Å². The number of ether oxygens (including phenoxy) is 1. The molecule has 6 nitrogen and oxygen atoms in total. The minimum atomic E-state index is -0.0185. The molecule has 2 aliphatic carbocycles. The van der Waals surface area contributed by atoms with Crippen LogP contribution >= 0.6 is 11.6 Å². The molecule has 2 saturated carbocycles. The average molecular weight is 401 g/mol. The number of hydrogen-bond donors (Lipinski definition) is 1. The van der Waals surface area contributed by atoms with Crippen LogP contribution in [0.5, 0.6) is 5.75 Å². The summed E-state index contributed by atoms with van der Waals surface area (Å²) in [5.74, 6) is 3.19. The van der Waals surface area contributed by atoms with Gasteiger partial charge in [0.25, 0.3) is 5.91 Å². The van der Waals surface area contributed by atoms with Crippen LogP contribution in [0.15, 0.2) is 18.2 Å². The lowest BCUT2D eigenvalue weighted by molar-refractivity contribution is 0.0770. The molecule has 2 aromatic rings. The van der Waals surface area contributed by atoms with Crippen molar-refractivity contribution in [2.45, 2.75) is 50.4 Å². The number of rotatable bonds is 4. The minimum absolute atomic E-state index is 0.0185. The molecule has 3 fully saturated rings. The summed E-state index contributed by atoms with van der Waals surface area (Å²) in [5.41, 5.74) is 0.627. The number of aromatic nitrogens is 3. The lowest BCUT2D eigenvalue weighted by atomic mass is 9.76. The number of nitrogens with zero attached hydrogens (tertiary/aromatic N) is 3. The maximum atomic E-state index is 13.4. The number of hydrogen-bond acceptors (Lipinski definition) is 4. The minimum Gasteiger partial charge on any atom is -0.496 e. The standard InChI is InChI=1S/C21H25ClN4O2/c1-28-17-7-6-14(22)10-15(17)20(27)26-11-16(21(12-26)8-2-3-9-21)19-23-18(24-25-19)13-4-5-13/h6-7,10,13,16H,2-5,8-9,11-12H2,1H3,(H,23,24,25). The lowest BCUT2D eigenvalue weighted by Gasteiger charge is -2.28. The molecule has 1 unspecified atom stereocenters. The van der Waals surface area contributed by atoms with Crippen molar-refractivity contribution in [3.05, 3.63) is 40.4 Å². The van der Waals surface area contributed by atoms with Gasteiger partial charge >= 0.3 is 0 Å². The second-order valence-electron chi connectivity index (χ2n) is 8.51. The molecule has 3 aliphatic rings. The molecule has 0 radical (unpaired) electrons. The van der Waals surface area contributed by atoms with Gasteiger partial charge in [-0.1, -0.05) is 24.4 Å². The summed E-state index contributed by atoms with van der Waals surface area (Å²) in [5, 5.41) is 8.22. The van der Waals surface area contributed by atoms with Crippen molar-refractivity contribution in [3.8, 4) is 5.75 Å². The number of carbonyl (C=O) groups excluding carboxylic acids is 1. The highest BCUT2D eigenvalue weighted by atomic mass is 35.5. The highest BCUT2D eigenvalue weighted by Gasteiger charge is 2.51. The smallest absolute Gasteiger partial charge is 0.257 e. The van der Waals surface area contributed by atoms with E-state index in [0.29, 0.717) is 28.8 Å². The van der Waals surface area contributed by atoms with Gasteiger partial charge in [-0.05, 0) is 49.3 Å². The van der Waals surface area contributed by atoms with E-state index >= 15 is 0 Å². The first kappa shape index (κ1) is 18.0. The summed E-state index contributed by atoms with van der Waals surface area (Å²) in [6.07, 6.45) is 7.06. The van der Waals surface area contributed by atoms with E-state index in [-0.39, 0.29) is 17.2 Å². The van der Waals surface area contributed by atoms with Crippen molar-refractivity contribution in [2.75, 3.05) is 20.2 Å². The number of benzene rings is 1. The van der Waals surface area contributed by atoms with Crippen LogP contribution in [0, 0.1) is 5.41 Å². The number of likely N-dealkylation sites (tertiary alicyclic amines) is 1. The van der Waals surface area contributed by atoms with Gasteiger partial charge in [0.2, 0.25) is 0 Å². The summed E-state index contributed by atoms with van der Waals surface area (Å²) >= 11 is 6.16. The van der Waals surface area contributed by atoms with E-state index in [0.717, 1.165) is 31.0 Å². The van der Waals surface area contributed by atoms with Crippen molar-refractivity contribution in [1.29, 1.82) is 0 Å². The number of aromatic amines is 1. The molecular weight excluding hydrogens is 376 g/mol. The topological polar surface area (TPSA) is 71.1 Å². The number of H-pyrrole nitrogens is 1. The van der Waals surface area contributed by atoms with E-state index in [1.807, 2.05) is 4.90 Å². The lowest BCUT2D eigenvalue weighted by Crippen LogP contribution is -2.31. The predicted octanol–water partition coefficient (Wildman–Crippen LogP) is 4.14. The largest absolute Gasteiger partial charge is 0.496 e. The molecule has 1 aliphatic heterocycles. The van der Waals surface area contributed by atoms with Gasteiger partial charge in [-0.25, -0.2) is 4.98 Å². The fourth-order valence-electron chi connectivity index (χ4n) is 5.07. The van der Waals surface area contributed by atoms with Gasteiger partial charge in [-0.3, -0.25) is 9.89 Å². The monoisotopic (exact) mass is 400 g/mol. The molecule has 1 spiro atoms. The zero-order valence-corrected chi connectivity index (χ0v) is 16.8. The van der Waals surface area contributed by atoms with Crippen LogP contribution in [0.2, 0.25) is 5.02 Å². The number of halogens is 1. The van der Waals surface area contributed by atoms with Crippen LogP contribution < -0.4 is 4.74 Å². The summed E-state index contributed by atoms with van der Waals surface area (Å²) in [6, 6.07) is 5.21. The van der Waals surface area contributed by atoms with Crippen LogP contribution in [-0.2, 0) is 0 Å². The van der Waals surface area contributed by atoms with E-state index < -0.39 is 0 Å². The number of carbonyl (C=O) groups is 1. The highest BCUT2D eigenvalue weighted by molar-refractivity contribution is 6.31. The van der Waals surface area contributed by atoms with E-state index in [4.69, 9.17) is 21.3 Å². The van der Waals surface area contributed by atoms with Crippen LogP contribution in [0.3, 0.4) is 0 Å². The summed E-state index contributed by atoms with van der Waals surface area (Å²) in [4.78, 5) is 20.2. The third-order valence-electron chi connectivity index (χ3n) is 6.72. The van der Waals surface area contributed by atoms with Gasteiger partial charge in [0, 0.05) is 29.9 Å². The highest BCUT2D eigenvalue weighted by Crippen LogP contribution is 2.53. The molecule has 7 heteroatoms. The Bertz CT molecular complexity index is 902. The van der Waals surface area contributed by atoms with E-state index in [9.17, 15) is 4.79 Å². The number of amides is 1. The molecule has 2 heterocycles. The zero-order chi connectivity index (χ0) is 19.3. The van der Waals surface area contributed by atoms with Gasteiger partial charge in [0.1, 0.15) is 11.6 Å². The van der Waals surface area contributed by atoms with Crippen LogP contribution in [-0.4, -0.2) is 46.2 Å². The van der Waals surface area contributed by atoms with Crippen molar-refractivity contribution >= 4 is 17.5 Å². The van der Waals surface area contributed by atoms with E-state index in [1.54, 1.807) is 25.3 Å². The van der Waals surface area contributed by atoms with Crippen molar-refractivity contribution in [1.82, 2.24) is 20.1 Å². The number of methoxy groups -OCH3 is 1. The predicted molar refractivity (Wildman–Crippen MR) is 106 cm³/mol. The average Bonchev–Trinajstić information content (AvgIpc) is 3.12. The van der Waals surface area contributed by atoms with E-state index in [1.165, 1.54) is 25.7 Å². The summed E-state index contributed by atoms with van der Waals surface area (Å²) in [7, 11) is 1.58. The normalized spacial score (nSPS) is 23.5. The summed E-state index contributed by atoms with van der Waals surface area (Å²) < 4.78 is 5.41. The SMILES string of the molecule is COc1ccc(Cl)cc1C(=O)N1CC(c2nc(C3CC3)n[nH]2)C2(CCCC2)C1. The Morgan fingerprint density at radius 2 is 2.11 bits per heavy atom. The Hall–Kier alpha value is -2.08. The fourth-order valence-corrected chi connectivity index (χ4v) is 5.24. The zero-order valence-electron chi connectivity index (χ0n) is 16.1. The van der Waals surface area contributed by atoms with Gasteiger partial charge in [-0.2, -0.15) is 5.10 Å². The first-order chi connectivity index (χ1) is 13.6. The maximum absolute atomic E-state index is 13.4. The van der Waals surface area contributed by atoms with Crippen molar-refractivity contribution in [2.24, 2.45) is 5.41 Å². The molecule has 1 atom stereocenters. The van der Waals surface area contributed by atoms with Gasteiger partial charge in [0.05, 0.1) is 12.7 Å². The van der Waals surface area contributed by atoms with Crippen LogP contribution in [0.25, 0.3) is 0 Å². The Morgan fingerprint density at radius 1 is 1.32 bits per heavy atom. The molecule has 1 N–H and O–H groups in total. The van der Waals surface area contributed by atoms with Crippen LogP contribution in [0.1, 0.15) is 72.4 Å². The molecule has 1 aromatic heterocycles. The Labute approximate surface area is 169 Å². The fraction of sp³-hybridized carbons (Fsp3) is 0.571. The molecule has 0 bridgehead atoms. The van der Waals surface area contributed by atoms with Gasteiger partial charge in [-0.15, -0.1) is 0 Å². The number of nitrogens with one attached hydrogen (secondary N) is 1. The van der Waals surface area contributed by atoms with Gasteiger partial charge in [0.15, 0.2) is 5.82 Å². The summed E-state index contributed by atoms with van der Waals surface area (Å²) in [6.45, 7) is 1.42. The third-order valence-corrected chi connectivity index (χ3v) is 6.95. The Morgan fingerprint density at radius 3 is 2.82 bits per heavy atom. The van der Waals surface area contributed by atoms with Crippen LogP contribution in [0.4, 0.5) is 0 Å². The first-order valence-corrected chi connectivity index (χ1v) is 10.5. The third kappa shape index (κ3) is 2.98. The molecular formula is C21H25ClN4O2. The van der Waals surface area contributed by atoms with Crippen molar-refractivity contribution < 1.29 is 9.53 Å².